The molecule has 4 nitrogen and oxygen atoms in total. The zero-order valence-electron chi connectivity index (χ0n) is 11.7. The first kappa shape index (κ1) is 13.7. The van der Waals surface area contributed by atoms with Gasteiger partial charge in [-0.05, 0) is 32.7 Å². The Morgan fingerprint density at radius 3 is 2.09 bits per heavy atom. The van der Waals surface area contributed by atoms with Crippen molar-refractivity contribution in [3.05, 3.63) is 59.7 Å². The maximum absolute atomic E-state index is 10.4. The summed E-state index contributed by atoms with van der Waals surface area (Å²) in [4.78, 5) is 0. The Bertz CT molecular complexity index is 873. The first-order valence-corrected chi connectivity index (χ1v) is 7.26. The summed E-state index contributed by atoms with van der Waals surface area (Å²) in [5.41, 5.74) is 0.960. The van der Waals surface area contributed by atoms with Gasteiger partial charge in [0, 0.05) is 0 Å². The summed E-state index contributed by atoms with van der Waals surface area (Å²) in [7, 11) is 0. The fourth-order valence-corrected chi connectivity index (χ4v) is 3.44. The summed E-state index contributed by atoms with van der Waals surface area (Å²) in [6, 6.07) is 15.4. The lowest BCUT2D eigenvalue weighted by Crippen LogP contribution is -2.41. The molecule has 1 aliphatic carbocycles. The molecule has 0 fully saturated rings. The monoisotopic (exact) mass is 296 g/mol. The summed E-state index contributed by atoms with van der Waals surface area (Å²) in [6.45, 7) is 0. The SMILES string of the molecule is O[C@@H]1[C@@H](O)[C@@H](O)c2c(ccc3c2ccc2ccccc23)[C@H]1O. The highest BCUT2D eigenvalue weighted by atomic mass is 16.4. The van der Waals surface area contributed by atoms with Crippen molar-refractivity contribution in [1.29, 1.82) is 0 Å². The van der Waals surface area contributed by atoms with Crippen LogP contribution in [-0.2, 0) is 0 Å². The summed E-state index contributed by atoms with van der Waals surface area (Å²) in [6.07, 6.45) is -5.22. The van der Waals surface area contributed by atoms with E-state index >= 15 is 0 Å². The molecule has 4 N–H and O–H groups in total. The second-order valence-corrected chi connectivity index (χ2v) is 5.82. The minimum atomic E-state index is -1.40. The summed E-state index contributed by atoms with van der Waals surface area (Å²) >= 11 is 0. The molecule has 1 aliphatic rings. The zero-order chi connectivity index (χ0) is 15.4. The van der Waals surface area contributed by atoms with Crippen molar-refractivity contribution in [3.63, 3.8) is 0 Å². The Balaban J connectivity index is 2.10. The minimum Gasteiger partial charge on any atom is -0.387 e. The van der Waals surface area contributed by atoms with E-state index in [9.17, 15) is 20.4 Å². The lowest BCUT2D eigenvalue weighted by Gasteiger charge is -2.35. The molecule has 0 aliphatic heterocycles. The topological polar surface area (TPSA) is 80.9 Å². The molecule has 4 atom stereocenters. The van der Waals surface area contributed by atoms with Gasteiger partial charge in [0.25, 0.3) is 0 Å². The Hall–Kier alpha value is -1.98. The molecule has 0 radical (unpaired) electrons. The Labute approximate surface area is 126 Å². The number of hydrogen-bond donors (Lipinski definition) is 4. The molecule has 3 aromatic rings. The lowest BCUT2D eigenvalue weighted by atomic mass is 9.80. The van der Waals surface area contributed by atoms with Crippen molar-refractivity contribution in [2.45, 2.75) is 24.4 Å². The smallest absolute Gasteiger partial charge is 0.113 e. The van der Waals surface area contributed by atoms with E-state index < -0.39 is 24.4 Å². The predicted molar refractivity (Wildman–Crippen MR) is 83.4 cm³/mol. The van der Waals surface area contributed by atoms with Crippen LogP contribution in [0.2, 0.25) is 0 Å². The van der Waals surface area contributed by atoms with Gasteiger partial charge >= 0.3 is 0 Å². The van der Waals surface area contributed by atoms with Crippen LogP contribution in [0.15, 0.2) is 48.5 Å². The molecule has 0 saturated carbocycles. The van der Waals surface area contributed by atoms with Crippen LogP contribution in [0, 0.1) is 0 Å². The van der Waals surface area contributed by atoms with Crippen LogP contribution in [0.1, 0.15) is 23.3 Å². The molecular formula is C18H16O4. The van der Waals surface area contributed by atoms with Crippen molar-refractivity contribution in [3.8, 4) is 0 Å². The summed E-state index contributed by atoms with van der Waals surface area (Å²) in [5, 5.41) is 44.2. The lowest BCUT2D eigenvalue weighted by molar-refractivity contribution is -0.119. The maximum atomic E-state index is 10.4. The van der Waals surface area contributed by atoms with E-state index in [4.69, 9.17) is 0 Å². The van der Waals surface area contributed by atoms with Crippen LogP contribution in [0.5, 0.6) is 0 Å². The number of fused-ring (bicyclic) bond motifs is 5. The van der Waals surface area contributed by atoms with Crippen molar-refractivity contribution in [2.24, 2.45) is 0 Å². The Morgan fingerprint density at radius 2 is 1.27 bits per heavy atom. The number of rotatable bonds is 0. The minimum absolute atomic E-state index is 0.466. The quantitative estimate of drug-likeness (QED) is 0.477. The first-order valence-electron chi connectivity index (χ1n) is 7.26. The third-order valence-corrected chi connectivity index (χ3v) is 4.61. The highest BCUT2D eigenvalue weighted by Crippen LogP contribution is 2.42. The molecule has 4 rings (SSSR count). The standard InChI is InChI=1S/C18H16O4/c19-15-13-8-7-11-10-4-2-1-3-9(10)5-6-12(11)14(13)16(20)18(22)17(15)21/h1-8,15-22H/t15-,16+,17+,18+/m1/s1. The van der Waals surface area contributed by atoms with E-state index in [1.54, 1.807) is 6.07 Å². The van der Waals surface area contributed by atoms with Gasteiger partial charge in [0.2, 0.25) is 0 Å². The average Bonchev–Trinajstić information content (AvgIpc) is 2.56. The predicted octanol–water partition coefficient (Wildman–Crippen LogP) is 1.80. The van der Waals surface area contributed by atoms with Crippen LogP contribution in [-0.4, -0.2) is 32.6 Å². The fraction of sp³-hybridized carbons (Fsp3) is 0.222. The first-order chi connectivity index (χ1) is 10.6. The zero-order valence-corrected chi connectivity index (χ0v) is 11.7. The molecule has 22 heavy (non-hydrogen) atoms. The van der Waals surface area contributed by atoms with E-state index in [-0.39, 0.29) is 0 Å². The molecule has 0 unspecified atom stereocenters. The second kappa shape index (κ2) is 4.76. The van der Waals surface area contributed by atoms with Crippen LogP contribution < -0.4 is 0 Å². The van der Waals surface area contributed by atoms with E-state index in [0.717, 1.165) is 21.5 Å². The molecule has 0 heterocycles. The second-order valence-electron chi connectivity index (χ2n) is 5.82. The molecule has 0 bridgehead atoms. The van der Waals surface area contributed by atoms with E-state index in [0.29, 0.717) is 11.1 Å². The molecule has 4 heteroatoms. The van der Waals surface area contributed by atoms with E-state index in [1.807, 2.05) is 42.5 Å². The fourth-order valence-electron chi connectivity index (χ4n) is 3.44. The van der Waals surface area contributed by atoms with Gasteiger partial charge in [0.05, 0.1) is 0 Å². The summed E-state index contributed by atoms with van der Waals surface area (Å²) < 4.78 is 0. The van der Waals surface area contributed by atoms with Crippen LogP contribution >= 0.6 is 0 Å². The largest absolute Gasteiger partial charge is 0.387 e. The molecule has 3 aromatic carbocycles. The van der Waals surface area contributed by atoms with E-state index in [1.165, 1.54) is 0 Å². The van der Waals surface area contributed by atoms with Gasteiger partial charge in [0.15, 0.2) is 0 Å². The van der Waals surface area contributed by atoms with Crippen molar-refractivity contribution >= 4 is 21.5 Å². The number of aliphatic hydroxyl groups excluding tert-OH is 4. The van der Waals surface area contributed by atoms with E-state index in [2.05, 4.69) is 0 Å². The molecule has 112 valence electrons. The summed E-state index contributed by atoms with van der Waals surface area (Å²) in [5.74, 6) is 0. The van der Waals surface area contributed by atoms with Crippen LogP contribution in [0.3, 0.4) is 0 Å². The molecule has 0 amide bonds. The van der Waals surface area contributed by atoms with Gasteiger partial charge in [-0.2, -0.15) is 0 Å². The van der Waals surface area contributed by atoms with Gasteiger partial charge in [0.1, 0.15) is 24.4 Å². The van der Waals surface area contributed by atoms with Gasteiger partial charge in [-0.3, -0.25) is 0 Å². The van der Waals surface area contributed by atoms with Crippen molar-refractivity contribution in [1.82, 2.24) is 0 Å². The van der Waals surface area contributed by atoms with Crippen LogP contribution in [0.25, 0.3) is 21.5 Å². The number of benzene rings is 3. The van der Waals surface area contributed by atoms with Crippen molar-refractivity contribution in [2.75, 3.05) is 0 Å². The highest BCUT2D eigenvalue weighted by molar-refractivity contribution is 6.08. The average molecular weight is 296 g/mol. The maximum Gasteiger partial charge on any atom is 0.113 e. The number of hydrogen-bond acceptors (Lipinski definition) is 4. The molecule has 0 spiro atoms. The number of aliphatic hydroxyl groups is 4. The van der Waals surface area contributed by atoms with Gasteiger partial charge in [-0.25, -0.2) is 0 Å². The van der Waals surface area contributed by atoms with Gasteiger partial charge in [-0.1, -0.05) is 48.5 Å². The third kappa shape index (κ3) is 1.72. The molecule has 0 aromatic heterocycles. The Kier molecular flexibility index (Phi) is 2.96. The van der Waals surface area contributed by atoms with Gasteiger partial charge < -0.3 is 20.4 Å². The molecule has 0 saturated heterocycles. The third-order valence-electron chi connectivity index (χ3n) is 4.61. The highest BCUT2D eigenvalue weighted by Gasteiger charge is 2.40. The normalized spacial score (nSPS) is 28.0. The molecular weight excluding hydrogens is 280 g/mol. The van der Waals surface area contributed by atoms with Crippen molar-refractivity contribution < 1.29 is 20.4 Å². The van der Waals surface area contributed by atoms with Gasteiger partial charge in [-0.15, -0.1) is 0 Å². The van der Waals surface area contributed by atoms with Crippen LogP contribution in [0.4, 0.5) is 0 Å². The Morgan fingerprint density at radius 1 is 0.591 bits per heavy atom.